The minimum absolute atomic E-state index is 0.163. The zero-order chi connectivity index (χ0) is 13.0. The third-order valence-electron chi connectivity index (χ3n) is 2.54. The molecule has 4 nitrogen and oxygen atoms in total. The highest BCUT2D eigenvalue weighted by Gasteiger charge is 2.28. The molecule has 0 saturated carbocycles. The summed E-state index contributed by atoms with van der Waals surface area (Å²) < 4.78 is 0.974. The number of nitrogens with one attached hydrogen (secondary N) is 1. The van der Waals surface area contributed by atoms with Crippen LogP contribution < -0.4 is 5.32 Å². The third-order valence-corrected chi connectivity index (χ3v) is 3.03. The zero-order valence-corrected chi connectivity index (χ0v) is 11.3. The lowest BCUT2D eigenvalue weighted by molar-refractivity contribution is -0.130. The van der Waals surface area contributed by atoms with Crippen LogP contribution in [0.1, 0.15) is 12.0 Å². The summed E-state index contributed by atoms with van der Waals surface area (Å²) in [5.41, 5.74) is 1.75. The maximum absolute atomic E-state index is 11.7. The number of nitrogens with zero attached hydrogens (tertiary/aromatic N) is 1. The van der Waals surface area contributed by atoms with Crippen LogP contribution in [0.4, 0.5) is 0 Å². The van der Waals surface area contributed by atoms with Crippen molar-refractivity contribution in [2.75, 3.05) is 6.54 Å². The van der Waals surface area contributed by atoms with E-state index in [0.717, 1.165) is 15.7 Å². The first-order valence-corrected chi connectivity index (χ1v) is 6.37. The lowest BCUT2D eigenvalue weighted by atomic mass is 10.0. The molecule has 1 N–H and O–H groups in total. The lowest BCUT2D eigenvalue weighted by Crippen LogP contribution is -2.34. The average Bonchev–Trinajstić information content (AvgIpc) is 2.85. The summed E-state index contributed by atoms with van der Waals surface area (Å²) in [4.78, 5) is 16.8. The molecule has 0 aliphatic carbocycles. The molecule has 1 aromatic carbocycles. The Hall–Kier alpha value is -1.62. The molecule has 2 rings (SSSR count). The fraction of sp³-hybridized carbons (Fsp3) is 0.231. The number of amides is 1. The van der Waals surface area contributed by atoms with E-state index >= 15 is 0 Å². The van der Waals surface area contributed by atoms with Gasteiger partial charge in [-0.3, -0.25) is 4.79 Å². The molecule has 0 spiro atoms. The summed E-state index contributed by atoms with van der Waals surface area (Å²) in [7, 11) is 0. The summed E-state index contributed by atoms with van der Waals surface area (Å²) in [6.07, 6.45) is 1.57. The van der Waals surface area contributed by atoms with Gasteiger partial charge in [-0.15, -0.1) is 6.58 Å². The fourth-order valence-electron chi connectivity index (χ4n) is 1.64. The molecule has 18 heavy (non-hydrogen) atoms. The van der Waals surface area contributed by atoms with Crippen molar-refractivity contribution < 1.29 is 9.63 Å². The van der Waals surface area contributed by atoms with Crippen LogP contribution in [0.5, 0.6) is 0 Å². The number of carbonyl (C=O) groups is 1. The van der Waals surface area contributed by atoms with E-state index in [1.807, 2.05) is 24.3 Å². The van der Waals surface area contributed by atoms with Gasteiger partial charge < -0.3 is 10.2 Å². The Kier molecular flexibility index (Phi) is 4.15. The minimum atomic E-state index is -0.543. The fourth-order valence-corrected chi connectivity index (χ4v) is 2.04. The van der Waals surface area contributed by atoms with Crippen LogP contribution in [0.15, 0.2) is 46.5 Å². The normalized spacial score (nSPS) is 17.8. The molecule has 1 amide bonds. The molecule has 1 heterocycles. The summed E-state index contributed by atoms with van der Waals surface area (Å²) in [6.45, 7) is 3.98. The quantitative estimate of drug-likeness (QED) is 0.867. The minimum Gasteiger partial charge on any atom is -0.382 e. The molecule has 0 radical (unpaired) electrons. The molecule has 0 aromatic heterocycles. The lowest BCUT2D eigenvalue weighted by Gasteiger charge is -2.07. The van der Waals surface area contributed by atoms with Crippen molar-refractivity contribution in [2.24, 2.45) is 5.16 Å². The van der Waals surface area contributed by atoms with E-state index in [2.05, 4.69) is 33.0 Å². The first-order chi connectivity index (χ1) is 8.70. The van der Waals surface area contributed by atoms with Crippen LogP contribution in [0.2, 0.25) is 0 Å². The van der Waals surface area contributed by atoms with Gasteiger partial charge in [0.2, 0.25) is 6.10 Å². The van der Waals surface area contributed by atoms with Crippen molar-refractivity contribution in [3.05, 3.63) is 47.0 Å². The maximum Gasteiger partial charge on any atom is 0.264 e. The van der Waals surface area contributed by atoms with Gasteiger partial charge in [0, 0.05) is 23.0 Å². The van der Waals surface area contributed by atoms with E-state index in [0.29, 0.717) is 13.0 Å². The average molecular weight is 309 g/mol. The van der Waals surface area contributed by atoms with Gasteiger partial charge in [0.05, 0.1) is 5.71 Å². The number of oxime groups is 1. The van der Waals surface area contributed by atoms with Gasteiger partial charge in [-0.05, 0) is 12.1 Å². The van der Waals surface area contributed by atoms with Crippen molar-refractivity contribution in [1.82, 2.24) is 5.32 Å². The van der Waals surface area contributed by atoms with Crippen LogP contribution in [-0.2, 0) is 9.63 Å². The maximum atomic E-state index is 11.7. The van der Waals surface area contributed by atoms with Crippen LogP contribution in [-0.4, -0.2) is 24.3 Å². The number of benzene rings is 1. The second-order valence-corrected chi connectivity index (χ2v) is 4.80. The highest BCUT2D eigenvalue weighted by molar-refractivity contribution is 9.10. The van der Waals surface area contributed by atoms with Crippen molar-refractivity contribution in [3.8, 4) is 0 Å². The van der Waals surface area contributed by atoms with Crippen LogP contribution in [0.25, 0.3) is 0 Å². The van der Waals surface area contributed by atoms with E-state index in [1.165, 1.54) is 0 Å². The summed E-state index contributed by atoms with van der Waals surface area (Å²) >= 11 is 3.40. The van der Waals surface area contributed by atoms with Gasteiger partial charge in [0.15, 0.2) is 0 Å². The first kappa shape index (κ1) is 12.8. The van der Waals surface area contributed by atoms with E-state index in [9.17, 15) is 4.79 Å². The molecule has 0 saturated heterocycles. The summed E-state index contributed by atoms with van der Waals surface area (Å²) in [6, 6.07) is 7.75. The molecule has 1 aromatic rings. The van der Waals surface area contributed by atoms with Gasteiger partial charge >= 0.3 is 0 Å². The van der Waals surface area contributed by atoms with Gasteiger partial charge in [-0.2, -0.15) is 0 Å². The topological polar surface area (TPSA) is 50.7 Å². The Bertz CT molecular complexity index is 500. The Morgan fingerprint density at radius 3 is 3.22 bits per heavy atom. The first-order valence-electron chi connectivity index (χ1n) is 5.58. The third kappa shape index (κ3) is 2.98. The monoisotopic (exact) mass is 308 g/mol. The molecular weight excluding hydrogens is 296 g/mol. The highest BCUT2D eigenvalue weighted by Crippen LogP contribution is 2.19. The number of halogens is 1. The number of rotatable bonds is 4. The molecule has 0 unspecified atom stereocenters. The van der Waals surface area contributed by atoms with Crippen LogP contribution >= 0.6 is 15.9 Å². The predicted molar refractivity (Wildman–Crippen MR) is 73.4 cm³/mol. The standard InChI is InChI=1S/C13H13BrN2O2/c1-2-6-15-13(17)12-8-11(16-18-12)9-4-3-5-10(14)7-9/h2-5,7,12H,1,6,8H2,(H,15,17)/t12-/m1/s1. The van der Waals surface area contributed by atoms with Crippen LogP contribution in [0, 0.1) is 0 Å². The van der Waals surface area contributed by atoms with Crippen molar-refractivity contribution in [2.45, 2.75) is 12.5 Å². The Morgan fingerprint density at radius 1 is 1.67 bits per heavy atom. The largest absolute Gasteiger partial charge is 0.382 e. The highest BCUT2D eigenvalue weighted by atomic mass is 79.9. The molecule has 0 bridgehead atoms. The van der Waals surface area contributed by atoms with Gasteiger partial charge in [0.25, 0.3) is 5.91 Å². The van der Waals surface area contributed by atoms with E-state index in [-0.39, 0.29) is 5.91 Å². The zero-order valence-electron chi connectivity index (χ0n) is 9.73. The van der Waals surface area contributed by atoms with Crippen molar-refractivity contribution in [1.29, 1.82) is 0 Å². The van der Waals surface area contributed by atoms with Gasteiger partial charge in [-0.1, -0.05) is 39.3 Å². The molecule has 1 aliphatic heterocycles. The van der Waals surface area contributed by atoms with E-state index in [1.54, 1.807) is 6.08 Å². The number of hydrogen-bond donors (Lipinski definition) is 1. The van der Waals surface area contributed by atoms with Crippen LogP contribution in [0.3, 0.4) is 0 Å². The van der Waals surface area contributed by atoms with E-state index in [4.69, 9.17) is 4.84 Å². The molecule has 0 fully saturated rings. The molecule has 1 atom stereocenters. The van der Waals surface area contributed by atoms with Crippen molar-refractivity contribution >= 4 is 27.5 Å². The molecule has 1 aliphatic rings. The molecular formula is C13H13BrN2O2. The number of hydrogen-bond acceptors (Lipinski definition) is 3. The SMILES string of the molecule is C=CCNC(=O)[C@H]1CC(c2cccc(Br)c2)=NO1. The van der Waals surface area contributed by atoms with Gasteiger partial charge in [-0.25, -0.2) is 0 Å². The molecule has 94 valence electrons. The van der Waals surface area contributed by atoms with Crippen molar-refractivity contribution in [3.63, 3.8) is 0 Å². The Morgan fingerprint density at radius 2 is 2.50 bits per heavy atom. The molecule has 5 heteroatoms. The number of carbonyl (C=O) groups excluding carboxylic acids is 1. The van der Waals surface area contributed by atoms with Gasteiger partial charge in [0.1, 0.15) is 0 Å². The smallest absolute Gasteiger partial charge is 0.264 e. The Labute approximate surface area is 114 Å². The summed E-state index contributed by atoms with van der Waals surface area (Å²) in [5.74, 6) is -0.163. The second kappa shape index (κ2) is 5.82. The second-order valence-electron chi connectivity index (χ2n) is 3.88. The predicted octanol–water partition coefficient (Wildman–Crippen LogP) is 2.24. The summed E-state index contributed by atoms with van der Waals surface area (Å²) in [5, 5.41) is 6.66. The van der Waals surface area contributed by atoms with E-state index < -0.39 is 6.10 Å². The Balaban J connectivity index is 1.99.